The molecule has 0 saturated carbocycles. The Kier molecular flexibility index (Phi) is 6.80. The Hall–Kier alpha value is -0.100. The molecule has 0 aliphatic heterocycles. The summed E-state index contributed by atoms with van der Waals surface area (Å²) in [6, 6.07) is 0.304. The van der Waals surface area contributed by atoms with Crippen LogP contribution in [0.1, 0.15) is 51.7 Å². The molecule has 1 rings (SSSR count). The predicted molar refractivity (Wildman–Crippen MR) is 87.8 cm³/mol. The molecule has 0 amide bonds. The van der Waals surface area contributed by atoms with Crippen molar-refractivity contribution in [2.45, 2.75) is 64.2 Å². The third kappa shape index (κ3) is 5.81. The molecule has 1 heterocycles. The summed E-state index contributed by atoms with van der Waals surface area (Å²) >= 11 is 3.72. The maximum absolute atomic E-state index is 5.65. The van der Waals surface area contributed by atoms with E-state index < -0.39 is 0 Å². The molecule has 2 atom stereocenters. The maximum Gasteiger partial charge on any atom is 0.0944 e. The van der Waals surface area contributed by atoms with E-state index in [9.17, 15) is 0 Å². The second kappa shape index (κ2) is 7.62. The minimum atomic E-state index is 0.131. The minimum absolute atomic E-state index is 0.131. The molecule has 2 unspecified atom stereocenters. The lowest BCUT2D eigenvalue weighted by Crippen LogP contribution is -2.39. The summed E-state index contributed by atoms with van der Waals surface area (Å²) in [6.45, 7) is 11.1. The number of hydrogen-bond donors (Lipinski definition) is 2. The molecule has 19 heavy (non-hydrogen) atoms. The fraction of sp³-hybridized carbons (Fsp3) is 0.786. The van der Waals surface area contributed by atoms with Gasteiger partial charge in [-0.1, -0.05) is 34.6 Å². The van der Waals surface area contributed by atoms with E-state index in [0.29, 0.717) is 11.3 Å². The van der Waals surface area contributed by atoms with Gasteiger partial charge in [-0.2, -0.15) is 11.8 Å². The molecule has 1 aromatic rings. The van der Waals surface area contributed by atoms with Gasteiger partial charge in [0, 0.05) is 34.3 Å². The van der Waals surface area contributed by atoms with Crippen LogP contribution in [-0.4, -0.2) is 22.0 Å². The lowest BCUT2D eigenvalue weighted by Gasteiger charge is -2.17. The molecule has 5 heteroatoms. The molecule has 0 aliphatic carbocycles. The predicted octanol–water partition coefficient (Wildman–Crippen LogP) is 3.35. The Morgan fingerprint density at radius 1 is 1.47 bits per heavy atom. The Morgan fingerprint density at radius 2 is 2.16 bits per heavy atom. The van der Waals surface area contributed by atoms with E-state index >= 15 is 0 Å². The number of aromatic nitrogens is 1. The van der Waals surface area contributed by atoms with Crippen LogP contribution in [0, 0.1) is 0 Å². The molecule has 0 bridgehead atoms. The number of nitrogens with zero attached hydrogens (tertiary/aromatic N) is 1. The molecule has 0 fully saturated rings. The number of nitrogens with one attached hydrogen (secondary N) is 1. The van der Waals surface area contributed by atoms with Gasteiger partial charge in [0.25, 0.3) is 0 Å². The Bertz CT molecular complexity index is 371. The van der Waals surface area contributed by atoms with Gasteiger partial charge >= 0.3 is 0 Å². The molecule has 110 valence electrons. The van der Waals surface area contributed by atoms with Crippen LogP contribution >= 0.6 is 23.1 Å². The average Bonchev–Trinajstić information content (AvgIpc) is 2.82. The van der Waals surface area contributed by atoms with Gasteiger partial charge in [-0.05, 0) is 6.42 Å². The van der Waals surface area contributed by atoms with Crippen LogP contribution in [0.2, 0.25) is 0 Å². The van der Waals surface area contributed by atoms with Gasteiger partial charge in [0.05, 0.1) is 10.7 Å². The average molecular weight is 302 g/mol. The van der Waals surface area contributed by atoms with Crippen LogP contribution in [0.3, 0.4) is 0 Å². The van der Waals surface area contributed by atoms with E-state index in [-0.39, 0.29) is 5.41 Å². The van der Waals surface area contributed by atoms with Crippen molar-refractivity contribution in [2.24, 2.45) is 5.84 Å². The van der Waals surface area contributed by atoms with Crippen LogP contribution < -0.4 is 11.3 Å². The zero-order valence-electron chi connectivity index (χ0n) is 12.7. The van der Waals surface area contributed by atoms with Crippen molar-refractivity contribution in [3.8, 4) is 0 Å². The maximum atomic E-state index is 5.65. The van der Waals surface area contributed by atoms with E-state index in [1.165, 1.54) is 17.1 Å². The molecule has 3 N–H and O–H groups in total. The lowest BCUT2D eigenvalue weighted by atomic mass is 9.93. The van der Waals surface area contributed by atoms with E-state index in [0.717, 1.165) is 12.2 Å². The zero-order valence-corrected chi connectivity index (χ0v) is 14.3. The number of nitrogens with two attached hydrogens (primary N) is 1. The summed E-state index contributed by atoms with van der Waals surface area (Å²) in [5, 5.41) is 4.04. The van der Waals surface area contributed by atoms with Gasteiger partial charge in [0.2, 0.25) is 0 Å². The van der Waals surface area contributed by atoms with Gasteiger partial charge < -0.3 is 0 Å². The van der Waals surface area contributed by atoms with Crippen LogP contribution in [0.5, 0.6) is 0 Å². The van der Waals surface area contributed by atoms with Crippen LogP contribution in [0.15, 0.2) is 5.38 Å². The van der Waals surface area contributed by atoms with Gasteiger partial charge in [-0.15, -0.1) is 11.3 Å². The highest BCUT2D eigenvalue weighted by Crippen LogP contribution is 2.25. The van der Waals surface area contributed by atoms with Gasteiger partial charge in [-0.3, -0.25) is 11.3 Å². The van der Waals surface area contributed by atoms with Crippen LogP contribution in [-0.2, 0) is 11.8 Å². The standard InChI is InChI=1S/C14H27N3S2/c1-6-10(2)18-8-11(17-15)7-13-16-12(9-19-13)14(3,4)5/h9-11,17H,6-8,15H2,1-5H3. The molecule has 3 nitrogen and oxygen atoms in total. The van der Waals surface area contributed by atoms with Gasteiger partial charge in [0.1, 0.15) is 0 Å². The monoisotopic (exact) mass is 301 g/mol. The number of thioether (sulfide) groups is 1. The molecule has 0 aromatic carbocycles. The first-order chi connectivity index (χ1) is 8.86. The molecule has 0 saturated heterocycles. The number of hydrazine groups is 1. The summed E-state index contributed by atoms with van der Waals surface area (Å²) in [7, 11) is 0. The Labute approximate surface area is 125 Å². The van der Waals surface area contributed by atoms with E-state index in [2.05, 4.69) is 45.4 Å². The Morgan fingerprint density at radius 3 is 2.63 bits per heavy atom. The van der Waals surface area contributed by atoms with Crippen molar-refractivity contribution in [3.05, 3.63) is 16.1 Å². The van der Waals surface area contributed by atoms with Crippen LogP contribution in [0.4, 0.5) is 0 Å². The molecular formula is C14H27N3S2. The quantitative estimate of drug-likeness (QED) is 0.599. The van der Waals surface area contributed by atoms with Crippen molar-refractivity contribution in [3.63, 3.8) is 0 Å². The van der Waals surface area contributed by atoms with E-state index in [1.54, 1.807) is 11.3 Å². The van der Waals surface area contributed by atoms with Gasteiger partial charge in [0.15, 0.2) is 0 Å². The van der Waals surface area contributed by atoms with E-state index in [1.807, 2.05) is 11.8 Å². The first-order valence-electron chi connectivity index (χ1n) is 6.89. The lowest BCUT2D eigenvalue weighted by molar-refractivity contribution is 0.555. The Balaban J connectivity index is 2.54. The molecule has 0 radical (unpaired) electrons. The summed E-state index contributed by atoms with van der Waals surface area (Å²) in [5.41, 5.74) is 4.23. The third-order valence-corrected chi connectivity index (χ3v) is 5.50. The second-order valence-corrected chi connectivity index (χ2v) is 8.41. The topological polar surface area (TPSA) is 50.9 Å². The van der Waals surface area contributed by atoms with Crippen molar-refractivity contribution in [2.75, 3.05) is 5.75 Å². The molecule has 0 aliphatic rings. The highest BCUT2D eigenvalue weighted by atomic mass is 32.2. The summed E-state index contributed by atoms with van der Waals surface area (Å²) in [4.78, 5) is 4.73. The highest BCUT2D eigenvalue weighted by Gasteiger charge is 2.19. The number of thiazole rings is 1. The smallest absolute Gasteiger partial charge is 0.0944 e. The third-order valence-electron chi connectivity index (χ3n) is 3.13. The van der Waals surface area contributed by atoms with Gasteiger partial charge in [-0.25, -0.2) is 4.98 Å². The first-order valence-corrected chi connectivity index (χ1v) is 8.82. The van der Waals surface area contributed by atoms with Crippen molar-refractivity contribution >= 4 is 23.1 Å². The van der Waals surface area contributed by atoms with Crippen molar-refractivity contribution in [1.82, 2.24) is 10.4 Å². The zero-order chi connectivity index (χ0) is 14.5. The fourth-order valence-electron chi connectivity index (χ4n) is 1.52. The number of rotatable bonds is 7. The first kappa shape index (κ1) is 17.0. The van der Waals surface area contributed by atoms with Crippen molar-refractivity contribution < 1.29 is 0 Å². The minimum Gasteiger partial charge on any atom is -0.271 e. The van der Waals surface area contributed by atoms with E-state index in [4.69, 9.17) is 10.8 Å². The molecule has 1 aromatic heterocycles. The second-order valence-electron chi connectivity index (χ2n) is 6.00. The normalized spacial score (nSPS) is 15.5. The number of hydrogen-bond acceptors (Lipinski definition) is 5. The SMILES string of the molecule is CCC(C)SCC(Cc1nc(C(C)(C)C)cs1)NN. The fourth-order valence-corrected chi connectivity index (χ4v) is 3.64. The van der Waals surface area contributed by atoms with Crippen molar-refractivity contribution in [1.29, 1.82) is 0 Å². The molecule has 0 spiro atoms. The van der Waals surface area contributed by atoms with Crippen LogP contribution in [0.25, 0.3) is 0 Å². The summed E-state index contributed by atoms with van der Waals surface area (Å²) in [6.07, 6.45) is 2.12. The largest absolute Gasteiger partial charge is 0.271 e. The summed E-state index contributed by atoms with van der Waals surface area (Å²) < 4.78 is 0. The molecular weight excluding hydrogens is 274 g/mol. The summed E-state index contributed by atoms with van der Waals surface area (Å²) in [5.74, 6) is 6.69. The highest BCUT2D eigenvalue weighted by molar-refractivity contribution is 7.99.